The molecule has 4 rings (SSSR count). The highest BCUT2D eigenvalue weighted by atomic mass is 16.3. The lowest BCUT2D eigenvalue weighted by molar-refractivity contribution is -0.115. The van der Waals surface area contributed by atoms with Gasteiger partial charge in [0, 0.05) is 11.8 Å². The molecule has 0 aliphatic heterocycles. The zero-order valence-electron chi connectivity index (χ0n) is 14.8. The molecule has 0 radical (unpaired) electrons. The quantitative estimate of drug-likeness (QED) is 0.559. The van der Waals surface area contributed by atoms with Gasteiger partial charge in [0.2, 0.25) is 0 Å². The molecule has 4 aliphatic rings. The van der Waals surface area contributed by atoms with Gasteiger partial charge in [0.25, 0.3) is 0 Å². The zero-order chi connectivity index (χ0) is 17.1. The number of hydrogen-bond acceptors (Lipinski definition) is 3. The molecule has 2 saturated carbocycles. The Labute approximate surface area is 144 Å². The summed E-state index contributed by atoms with van der Waals surface area (Å²) < 4.78 is 0. The molecule has 0 aromatic heterocycles. The van der Waals surface area contributed by atoms with Crippen molar-refractivity contribution in [3.63, 3.8) is 0 Å². The van der Waals surface area contributed by atoms with Crippen molar-refractivity contribution in [1.82, 2.24) is 0 Å². The monoisotopic (exact) mass is 328 g/mol. The molecule has 0 saturated heterocycles. The number of carbonyl (C=O) groups excluding carboxylic acids is 1. The van der Waals surface area contributed by atoms with Crippen LogP contribution in [-0.4, -0.2) is 22.6 Å². The molecule has 0 aromatic carbocycles. The number of ketones is 1. The third-order valence-corrected chi connectivity index (χ3v) is 7.62. The summed E-state index contributed by atoms with van der Waals surface area (Å²) in [6.45, 7) is 4.37. The zero-order valence-corrected chi connectivity index (χ0v) is 14.8. The summed E-state index contributed by atoms with van der Waals surface area (Å²) in [6.07, 6.45) is 11.1. The molecule has 130 valence electrons. The minimum Gasteiger partial charge on any atom is -0.510 e. The van der Waals surface area contributed by atoms with Crippen LogP contribution >= 0.6 is 0 Å². The van der Waals surface area contributed by atoms with Gasteiger partial charge in [0.1, 0.15) is 12.4 Å². The van der Waals surface area contributed by atoms with Crippen LogP contribution in [0.4, 0.5) is 0 Å². The van der Waals surface area contributed by atoms with E-state index < -0.39 is 0 Å². The minimum atomic E-state index is -0.244. The average Bonchev–Trinajstić information content (AvgIpc) is 2.92. The van der Waals surface area contributed by atoms with Gasteiger partial charge in [-0.25, -0.2) is 0 Å². The van der Waals surface area contributed by atoms with Gasteiger partial charge >= 0.3 is 0 Å². The lowest BCUT2D eigenvalue weighted by Crippen LogP contribution is -2.43. The van der Waals surface area contributed by atoms with Crippen molar-refractivity contribution in [2.24, 2.45) is 22.7 Å². The molecular weight excluding hydrogens is 300 g/mol. The summed E-state index contributed by atoms with van der Waals surface area (Å²) in [5, 5.41) is 19.6. The third kappa shape index (κ3) is 2.03. The van der Waals surface area contributed by atoms with Crippen molar-refractivity contribution >= 4 is 5.78 Å². The fraction of sp³-hybridized carbons (Fsp3) is 0.667. The van der Waals surface area contributed by atoms with Crippen LogP contribution in [0.3, 0.4) is 0 Å². The molecule has 0 bridgehead atoms. The molecule has 0 unspecified atom stereocenters. The van der Waals surface area contributed by atoms with E-state index in [1.54, 1.807) is 5.57 Å². The Morgan fingerprint density at radius 3 is 2.79 bits per heavy atom. The molecular formula is C21H28O3. The number of carbonyl (C=O) groups is 1. The molecule has 0 amide bonds. The van der Waals surface area contributed by atoms with E-state index in [1.807, 2.05) is 6.08 Å². The van der Waals surface area contributed by atoms with E-state index in [0.29, 0.717) is 24.0 Å². The molecule has 2 N–H and O–H groups in total. The van der Waals surface area contributed by atoms with Crippen LogP contribution in [-0.2, 0) is 4.79 Å². The van der Waals surface area contributed by atoms with Gasteiger partial charge in [-0.3, -0.25) is 4.79 Å². The van der Waals surface area contributed by atoms with Crippen LogP contribution in [0.15, 0.2) is 34.6 Å². The van der Waals surface area contributed by atoms with Crippen molar-refractivity contribution in [2.45, 2.75) is 58.8 Å². The lowest BCUT2D eigenvalue weighted by Gasteiger charge is -2.52. The molecule has 24 heavy (non-hydrogen) atoms. The first-order valence-electron chi connectivity index (χ1n) is 9.37. The van der Waals surface area contributed by atoms with Crippen LogP contribution in [0.2, 0.25) is 0 Å². The maximum Gasteiger partial charge on any atom is 0.155 e. The van der Waals surface area contributed by atoms with Crippen LogP contribution in [0, 0.1) is 22.7 Å². The van der Waals surface area contributed by atoms with Crippen LogP contribution in [0.1, 0.15) is 58.8 Å². The van der Waals surface area contributed by atoms with Gasteiger partial charge in [-0.05, 0) is 67.4 Å². The van der Waals surface area contributed by atoms with Crippen LogP contribution < -0.4 is 0 Å². The second-order valence-corrected chi connectivity index (χ2v) is 8.62. The highest BCUT2D eigenvalue weighted by Crippen LogP contribution is 2.64. The Morgan fingerprint density at radius 2 is 2.04 bits per heavy atom. The fourth-order valence-corrected chi connectivity index (χ4v) is 6.25. The van der Waals surface area contributed by atoms with Crippen molar-refractivity contribution in [3.8, 4) is 0 Å². The Hall–Kier alpha value is -1.35. The van der Waals surface area contributed by atoms with E-state index in [2.05, 4.69) is 19.9 Å². The standard InChI is InChI=1S/C21H28O3/c1-20-9-7-14(23)11-13(20)3-4-15-16-5-6-18(19(24)12-22)21(16,2)10-8-17(15)20/h8,11,15-16,22,24H,3-7,9-10,12H2,1-2H3/t15-,16-,20-,21-/m0/s1. The third-order valence-electron chi connectivity index (χ3n) is 7.62. The molecule has 3 nitrogen and oxygen atoms in total. The first kappa shape index (κ1) is 16.1. The predicted octanol–water partition coefficient (Wildman–Crippen LogP) is 4.24. The fourth-order valence-electron chi connectivity index (χ4n) is 6.25. The van der Waals surface area contributed by atoms with Gasteiger partial charge in [-0.1, -0.05) is 31.1 Å². The second kappa shape index (κ2) is 5.32. The lowest BCUT2D eigenvalue weighted by atomic mass is 9.51. The van der Waals surface area contributed by atoms with Gasteiger partial charge in [0.05, 0.1) is 0 Å². The highest BCUT2D eigenvalue weighted by Gasteiger charge is 2.54. The number of rotatable bonds is 1. The Balaban J connectivity index is 1.76. The first-order chi connectivity index (χ1) is 11.4. The van der Waals surface area contributed by atoms with Gasteiger partial charge in [-0.15, -0.1) is 0 Å². The number of aliphatic hydroxyl groups is 2. The molecule has 3 heteroatoms. The van der Waals surface area contributed by atoms with Gasteiger partial charge in [0.15, 0.2) is 5.78 Å². The topological polar surface area (TPSA) is 57.5 Å². The maximum atomic E-state index is 11.9. The minimum absolute atomic E-state index is 0.0109. The number of hydrogen-bond donors (Lipinski definition) is 2. The smallest absolute Gasteiger partial charge is 0.155 e. The summed E-state index contributed by atoms with van der Waals surface area (Å²) in [6, 6.07) is 0. The summed E-state index contributed by atoms with van der Waals surface area (Å²) in [5.74, 6) is 1.60. The summed E-state index contributed by atoms with van der Waals surface area (Å²) >= 11 is 0. The largest absolute Gasteiger partial charge is 0.510 e. The second-order valence-electron chi connectivity index (χ2n) is 8.62. The van der Waals surface area contributed by atoms with E-state index in [1.165, 1.54) is 5.57 Å². The number of aliphatic hydroxyl groups excluding tert-OH is 2. The van der Waals surface area contributed by atoms with Crippen molar-refractivity contribution in [3.05, 3.63) is 34.6 Å². The van der Waals surface area contributed by atoms with E-state index in [4.69, 9.17) is 0 Å². The number of allylic oxidation sites excluding steroid dienone is 5. The molecule has 0 aromatic rings. The van der Waals surface area contributed by atoms with E-state index >= 15 is 0 Å². The normalized spacial score (nSPS) is 43.4. The van der Waals surface area contributed by atoms with E-state index in [9.17, 15) is 15.0 Å². The summed E-state index contributed by atoms with van der Waals surface area (Å²) in [5.41, 5.74) is 4.04. The first-order valence-corrected chi connectivity index (χ1v) is 9.37. The molecule has 4 aliphatic carbocycles. The molecule has 4 atom stereocenters. The van der Waals surface area contributed by atoms with Crippen LogP contribution in [0.25, 0.3) is 0 Å². The van der Waals surface area contributed by atoms with Gasteiger partial charge < -0.3 is 10.2 Å². The average molecular weight is 328 g/mol. The van der Waals surface area contributed by atoms with E-state index in [0.717, 1.165) is 44.1 Å². The Bertz CT molecular complexity index is 683. The molecule has 0 heterocycles. The Kier molecular flexibility index (Phi) is 3.58. The van der Waals surface area contributed by atoms with Crippen molar-refractivity contribution in [2.75, 3.05) is 6.61 Å². The van der Waals surface area contributed by atoms with Crippen molar-refractivity contribution in [1.29, 1.82) is 0 Å². The van der Waals surface area contributed by atoms with Gasteiger partial charge in [-0.2, -0.15) is 0 Å². The summed E-state index contributed by atoms with van der Waals surface area (Å²) in [4.78, 5) is 11.9. The Morgan fingerprint density at radius 1 is 1.25 bits per heavy atom. The SMILES string of the molecule is C[C@]12CCC(=O)C=C1CC[C@@H]1C2=CC[C@]2(C)C(=C(O)CO)CC[C@@H]12. The summed E-state index contributed by atoms with van der Waals surface area (Å²) in [7, 11) is 0. The maximum absolute atomic E-state index is 11.9. The highest BCUT2D eigenvalue weighted by molar-refractivity contribution is 5.92. The van der Waals surface area contributed by atoms with Crippen LogP contribution in [0.5, 0.6) is 0 Å². The number of fused-ring (bicyclic) bond motifs is 5. The van der Waals surface area contributed by atoms with E-state index in [-0.39, 0.29) is 23.2 Å². The molecule has 2 fully saturated rings. The van der Waals surface area contributed by atoms with Crippen molar-refractivity contribution < 1.29 is 15.0 Å². The predicted molar refractivity (Wildman–Crippen MR) is 93.4 cm³/mol. The molecule has 0 spiro atoms.